The number of ether oxygens (including phenoxy) is 1. The fourth-order valence-corrected chi connectivity index (χ4v) is 5.78. The summed E-state index contributed by atoms with van der Waals surface area (Å²) in [5, 5.41) is 23.4. The first-order valence-corrected chi connectivity index (χ1v) is 10.9. The van der Waals surface area contributed by atoms with E-state index in [1.54, 1.807) is 6.20 Å². The third-order valence-corrected chi connectivity index (χ3v) is 7.59. The standard InChI is InChI=1S/C22H23ClN6O3/c1-11-8-25-21-16(23)12(2-4-28(11)21)15-7-22(9-32-15)6-14(17(30)18(22)31)29-5-3-13-19(24)26-10-27-20(13)29/h2-5,8,10,14-15,17-18,30-31H,6-7,9H2,1H3,(H2,24,26,27). The molecule has 6 rings (SSSR count). The van der Waals surface area contributed by atoms with E-state index in [2.05, 4.69) is 15.0 Å². The van der Waals surface area contributed by atoms with Crippen LogP contribution in [0.2, 0.25) is 5.02 Å². The molecule has 4 N–H and O–H groups in total. The molecule has 1 aliphatic carbocycles. The highest BCUT2D eigenvalue weighted by atomic mass is 35.5. The van der Waals surface area contributed by atoms with Gasteiger partial charge in [0.05, 0.1) is 35.3 Å². The van der Waals surface area contributed by atoms with Crippen LogP contribution in [0.25, 0.3) is 16.7 Å². The lowest BCUT2D eigenvalue weighted by molar-refractivity contribution is -0.0309. The van der Waals surface area contributed by atoms with Crippen LogP contribution in [0.15, 0.2) is 37.1 Å². The second-order valence-electron chi connectivity index (χ2n) is 8.97. The van der Waals surface area contributed by atoms with Crippen molar-refractivity contribution in [1.29, 1.82) is 0 Å². The Kier molecular flexibility index (Phi) is 4.29. The van der Waals surface area contributed by atoms with E-state index in [4.69, 9.17) is 22.1 Å². The lowest BCUT2D eigenvalue weighted by atomic mass is 9.80. The Labute approximate surface area is 188 Å². The quantitative estimate of drug-likeness (QED) is 0.425. The van der Waals surface area contributed by atoms with Gasteiger partial charge >= 0.3 is 0 Å². The Morgan fingerprint density at radius 1 is 1.16 bits per heavy atom. The monoisotopic (exact) mass is 454 g/mol. The Balaban J connectivity index is 1.33. The molecular weight excluding hydrogens is 432 g/mol. The minimum absolute atomic E-state index is 0.288. The van der Waals surface area contributed by atoms with Gasteiger partial charge in [0.15, 0.2) is 5.65 Å². The van der Waals surface area contributed by atoms with Crippen LogP contribution in [0.3, 0.4) is 0 Å². The van der Waals surface area contributed by atoms with Gasteiger partial charge in [0.2, 0.25) is 0 Å². The van der Waals surface area contributed by atoms with Gasteiger partial charge in [-0.2, -0.15) is 0 Å². The minimum atomic E-state index is -0.961. The van der Waals surface area contributed by atoms with Gasteiger partial charge in [-0.05, 0) is 31.9 Å². The number of nitrogen functional groups attached to an aromatic ring is 1. The highest BCUT2D eigenvalue weighted by Crippen LogP contribution is 2.55. The highest BCUT2D eigenvalue weighted by molar-refractivity contribution is 6.34. The molecule has 1 aliphatic heterocycles. The van der Waals surface area contributed by atoms with Crippen molar-refractivity contribution in [2.75, 3.05) is 12.3 Å². The fraction of sp³-hybridized carbons (Fsp3) is 0.409. The Morgan fingerprint density at radius 3 is 2.84 bits per heavy atom. The minimum Gasteiger partial charge on any atom is -0.390 e. The number of hydrogen-bond donors (Lipinski definition) is 3. The predicted molar refractivity (Wildman–Crippen MR) is 118 cm³/mol. The van der Waals surface area contributed by atoms with Crippen LogP contribution in [-0.2, 0) is 4.74 Å². The molecule has 5 heterocycles. The third-order valence-electron chi connectivity index (χ3n) is 7.20. The molecule has 5 unspecified atom stereocenters. The van der Waals surface area contributed by atoms with Gasteiger partial charge in [-0.15, -0.1) is 0 Å². The molecule has 0 aromatic carbocycles. The molecule has 1 saturated carbocycles. The van der Waals surface area contributed by atoms with Crippen LogP contribution in [0.5, 0.6) is 0 Å². The first kappa shape index (κ1) is 19.9. The van der Waals surface area contributed by atoms with Gasteiger partial charge in [0.1, 0.15) is 23.9 Å². The van der Waals surface area contributed by atoms with Crippen molar-refractivity contribution in [3.63, 3.8) is 0 Å². The van der Waals surface area contributed by atoms with Crippen LogP contribution in [0.4, 0.5) is 5.82 Å². The van der Waals surface area contributed by atoms with E-state index in [1.165, 1.54) is 6.33 Å². The van der Waals surface area contributed by atoms with E-state index < -0.39 is 17.6 Å². The number of halogens is 1. The molecule has 0 bridgehead atoms. The maximum absolute atomic E-state index is 11.1. The van der Waals surface area contributed by atoms with E-state index in [0.29, 0.717) is 41.6 Å². The molecule has 9 nitrogen and oxygen atoms in total. The van der Waals surface area contributed by atoms with Gasteiger partial charge in [-0.25, -0.2) is 15.0 Å². The lowest BCUT2D eigenvalue weighted by Gasteiger charge is -2.26. The second kappa shape index (κ2) is 6.89. The third kappa shape index (κ3) is 2.65. The number of aliphatic hydroxyl groups is 2. The van der Waals surface area contributed by atoms with Gasteiger partial charge < -0.3 is 29.7 Å². The molecule has 4 aromatic rings. The molecule has 0 radical (unpaired) electrons. The van der Waals surface area contributed by atoms with Crippen LogP contribution >= 0.6 is 11.6 Å². The van der Waals surface area contributed by atoms with Crippen molar-refractivity contribution >= 4 is 34.1 Å². The number of aryl methyl sites for hydroxylation is 1. The normalized spacial score (nSPS) is 30.2. The van der Waals surface area contributed by atoms with Crippen molar-refractivity contribution in [2.45, 2.75) is 44.1 Å². The molecule has 2 aliphatic rings. The maximum Gasteiger partial charge on any atom is 0.156 e. The average molecular weight is 455 g/mol. The predicted octanol–water partition coefficient (Wildman–Crippen LogP) is 2.44. The van der Waals surface area contributed by atoms with E-state index in [0.717, 1.165) is 16.6 Å². The number of aliphatic hydroxyl groups excluding tert-OH is 2. The molecule has 10 heteroatoms. The number of pyridine rings is 1. The summed E-state index contributed by atoms with van der Waals surface area (Å²) in [7, 11) is 0. The van der Waals surface area contributed by atoms with E-state index in [-0.39, 0.29) is 12.1 Å². The van der Waals surface area contributed by atoms with E-state index in [9.17, 15) is 10.2 Å². The summed E-state index contributed by atoms with van der Waals surface area (Å²) in [5.41, 5.74) is 8.55. The van der Waals surface area contributed by atoms with Crippen LogP contribution < -0.4 is 5.73 Å². The van der Waals surface area contributed by atoms with E-state index >= 15 is 0 Å². The van der Waals surface area contributed by atoms with Crippen molar-refractivity contribution in [1.82, 2.24) is 23.9 Å². The molecule has 0 amide bonds. The average Bonchev–Trinajstić information content (AvgIpc) is 3.53. The Hall–Kier alpha value is -2.72. The van der Waals surface area contributed by atoms with Crippen molar-refractivity contribution in [3.8, 4) is 0 Å². The number of aromatic nitrogens is 5. The maximum atomic E-state index is 11.1. The number of anilines is 1. The number of imidazole rings is 1. The topological polar surface area (TPSA) is 124 Å². The Bertz CT molecular complexity index is 1350. The molecule has 2 fully saturated rings. The first-order valence-electron chi connectivity index (χ1n) is 10.6. The zero-order chi connectivity index (χ0) is 22.2. The highest BCUT2D eigenvalue weighted by Gasteiger charge is 2.57. The lowest BCUT2D eigenvalue weighted by Crippen LogP contribution is -2.37. The molecule has 4 aromatic heterocycles. The number of fused-ring (bicyclic) bond motifs is 2. The zero-order valence-electron chi connectivity index (χ0n) is 17.4. The fourth-order valence-electron chi connectivity index (χ4n) is 5.46. The number of hydrogen-bond acceptors (Lipinski definition) is 7. The second-order valence-corrected chi connectivity index (χ2v) is 9.35. The molecule has 32 heavy (non-hydrogen) atoms. The van der Waals surface area contributed by atoms with Gasteiger partial charge in [-0.1, -0.05) is 11.6 Å². The number of nitrogens with zero attached hydrogens (tertiary/aromatic N) is 5. The number of nitrogens with two attached hydrogens (primary N) is 1. The molecule has 166 valence electrons. The van der Waals surface area contributed by atoms with Crippen molar-refractivity contribution in [3.05, 3.63) is 53.3 Å². The molecular formula is C22H23ClN6O3. The SMILES string of the molecule is Cc1cnc2c(Cl)c(C3CC4(CO3)CC(n3ccc5c(N)ncnc53)C(O)C4O)ccn12. The van der Waals surface area contributed by atoms with Crippen molar-refractivity contribution in [2.24, 2.45) is 5.41 Å². The first-order chi connectivity index (χ1) is 15.4. The summed E-state index contributed by atoms with van der Waals surface area (Å²) in [4.78, 5) is 12.8. The van der Waals surface area contributed by atoms with Gasteiger partial charge in [-0.3, -0.25) is 0 Å². The summed E-state index contributed by atoms with van der Waals surface area (Å²) in [6, 6.07) is 3.43. The summed E-state index contributed by atoms with van der Waals surface area (Å²) < 4.78 is 9.98. The van der Waals surface area contributed by atoms with E-state index in [1.807, 2.05) is 40.4 Å². The smallest absolute Gasteiger partial charge is 0.156 e. The van der Waals surface area contributed by atoms with Gasteiger partial charge in [0.25, 0.3) is 0 Å². The molecule has 5 atom stereocenters. The summed E-state index contributed by atoms with van der Waals surface area (Å²) in [6.45, 7) is 2.30. The van der Waals surface area contributed by atoms with Crippen molar-refractivity contribution < 1.29 is 14.9 Å². The zero-order valence-corrected chi connectivity index (χ0v) is 18.1. The van der Waals surface area contributed by atoms with Crippen LogP contribution in [-0.4, -0.2) is 52.9 Å². The number of rotatable bonds is 2. The summed E-state index contributed by atoms with van der Waals surface area (Å²) in [6.07, 6.45) is 5.87. The van der Waals surface area contributed by atoms with Crippen LogP contribution in [0.1, 0.15) is 36.2 Å². The summed E-state index contributed by atoms with van der Waals surface area (Å²) in [5.74, 6) is 0.389. The molecule has 1 spiro atoms. The Morgan fingerprint density at radius 2 is 2.00 bits per heavy atom. The van der Waals surface area contributed by atoms with Gasteiger partial charge in [0, 0.05) is 35.3 Å². The largest absolute Gasteiger partial charge is 0.390 e. The summed E-state index contributed by atoms with van der Waals surface area (Å²) >= 11 is 6.68. The molecule has 1 saturated heterocycles. The van der Waals surface area contributed by atoms with Crippen LogP contribution in [0, 0.1) is 12.3 Å².